The first kappa shape index (κ1) is 17.0. The van der Waals surface area contributed by atoms with Crippen molar-refractivity contribution in [3.8, 4) is 0 Å². The van der Waals surface area contributed by atoms with E-state index < -0.39 is 0 Å². The summed E-state index contributed by atoms with van der Waals surface area (Å²) >= 11 is 3.36. The Morgan fingerprint density at radius 2 is 2.08 bits per heavy atom. The molecule has 0 radical (unpaired) electrons. The zero-order chi connectivity index (χ0) is 17.9. The summed E-state index contributed by atoms with van der Waals surface area (Å²) in [6.45, 7) is 0.756. The minimum absolute atomic E-state index is 0.00486. The summed E-state index contributed by atoms with van der Waals surface area (Å²) in [6.07, 6.45) is 8.12. The van der Waals surface area contributed by atoms with Crippen LogP contribution < -0.4 is 5.32 Å². The Kier molecular flexibility index (Phi) is 4.84. The van der Waals surface area contributed by atoms with Crippen molar-refractivity contribution in [1.82, 2.24) is 20.1 Å². The Balaban J connectivity index is 1.53. The van der Waals surface area contributed by atoms with Crippen LogP contribution in [0.3, 0.4) is 0 Å². The van der Waals surface area contributed by atoms with Crippen LogP contribution in [0.2, 0.25) is 0 Å². The number of halogens is 1. The molecule has 3 aromatic rings. The summed E-state index contributed by atoms with van der Waals surface area (Å²) in [5, 5.41) is 7.73. The Bertz CT molecular complexity index is 923. The van der Waals surface area contributed by atoms with Gasteiger partial charge in [0.15, 0.2) is 0 Å². The van der Waals surface area contributed by atoms with Crippen molar-refractivity contribution in [2.45, 2.75) is 31.8 Å². The Labute approximate surface area is 160 Å². The van der Waals surface area contributed by atoms with E-state index in [4.69, 9.17) is 0 Å². The number of carbonyl (C=O) groups excluding carboxylic acids is 1. The average Bonchev–Trinajstić information content (AvgIpc) is 3.06. The Morgan fingerprint density at radius 1 is 1.23 bits per heavy atom. The lowest BCUT2D eigenvalue weighted by atomic mass is 9.92. The second kappa shape index (κ2) is 7.41. The molecule has 1 atom stereocenters. The highest BCUT2D eigenvalue weighted by molar-refractivity contribution is 9.10. The monoisotopic (exact) mass is 410 g/mol. The molecule has 6 heteroatoms. The van der Waals surface area contributed by atoms with E-state index in [0.29, 0.717) is 5.56 Å². The van der Waals surface area contributed by atoms with Crippen LogP contribution in [0.25, 0.3) is 0 Å². The summed E-state index contributed by atoms with van der Waals surface area (Å²) in [6, 6.07) is 12.1. The molecule has 0 bridgehead atoms. The van der Waals surface area contributed by atoms with Crippen LogP contribution in [-0.2, 0) is 13.0 Å². The summed E-state index contributed by atoms with van der Waals surface area (Å²) < 4.78 is 2.86. The van der Waals surface area contributed by atoms with Gasteiger partial charge < -0.3 is 5.32 Å². The van der Waals surface area contributed by atoms with Crippen LogP contribution in [-0.4, -0.2) is 20.7 Å². The fourth-order valence-corrected chi connectivity index (χ4v) is 3.80. The molecule has 0 spiro atoms. The number of hydrogen-bond donors (Lipinski definition) is 1. The van der Waals surface area contributed by atoms with Gasteiger partial charge in [-0.05, 0) is 46.8 Å². The number of amides is 1. The molecule has 0 saturated heterocycles. The fraction of sp³-hybridized carbons (Fsp3) is 0.250. The molecule has 1 amide bonds. The first-order chi connectivity index (χ1) is 12.7. The maximum Gasteiger partial charge on any atom is 0.253 e. The maximum absolute atomic E-state index is 12.6. The van der Waals surface area contributed by atoms with Crippen LogP contribution >= 0.6 is 15.9 Å². The quantitative estimate of drug-likeness (QED) is 0.709. The highest BCUT2D eigenvalue weighted by Gasteiger charge is 2.26. The molecule has 2 heterocycles. The topological polar surface area (TPSA) is 59.8 Å². The minimum atomic E-state index is -0.104. The van der Waals surface area contributed by atoms with E-state index in [1.165, 1.54) is 11.3 Å². The molecule has 4 rings (SSSR count). The van der Waals surface area contributed by atoms with Gasteiger partial charge in [0.25, 0.3) is 5.91 Å². The molecular weight excluding hydrogens is 392 g/mol. The van der Waals surface area contributed by atoms with Crippen LogP contribution in [0.15, 0.2) is 59.5 Å². The highest BCUT2D eigenvalue weighted by atomic mass is 79.9. The normalized spacial score (nSPS) is 16.1. The summed E-state index contributed by atoms with van der Waals surface area (Å²) in [5.41, 5.74) is 4.13. The lowest BCUT2D eigenvalue weighted by Crippen LogP contribution is -2.31. The van der Waals surface area contributed by atoms with Crippen molar-refractivity contribution in [3.63, 3.8) is 0 Å². The van der Waals surface area contributed by atoms with E-state index in [1.807, 2.05) is 24.4 Å². The molecule has 0 aliphatic heterocycles. The number of hydrogen-bond acceptors (Lipinski definition) is 3. The van der Waals surface area contributed by atoms with Gasteiger partial charge in [-0.1, -0.05) is 30.3 Å². The number of rotatable bonds is 4. The number of aromatic nitrogens is 3. The predicted octanol–water partition coefficient (Wildman–Crippen LogP) is 3.90. The number of nitrogens with one attached hydrogen (secondary N) is 1. The van der Waals surface area contributed by atoms with E-state index in [1.54, 1.807) is 18.5 Å². The Morgan fingerprint density at radius 3 is 2.88 bits per heavy atom. The third kappa shape index (κ3) is 3.55. The van der Waals surface area contributed by atoms with Gasteiger partial charge in [-0.2, -0.15) is 5.10 Å². The summed E-state index contributed by atoms with van der Waals surface area (Å²) in [5.74, 6) is -0.104. The van der Waals surface area contributed by atoms with E-state index in [2.05, 4.69) is 48.1 Å². The van der Waals surface area contributed by atoms with Crippen molar-refractivity contribution in [1.29, 1.82) is 0 Å². The van der Waals surface area contributed by atoms with E-state index >= 15 is 0 Å². The van der Waals surface area contributed by atoms with Crippen LogP contribution in [0.4, 0.5) is 0 Å². The molecule has 26 heavy (non-hydrogen) atoms. The van der Waals surface area contributed by atoms with Crippen molar-refractivity contribution in [2.75, 3.05) is 0 Å². The van der Waals surface area contributed by atoms with E-state index in [-0.39, 0.29) is 11.9 Å². The van der Waals surface area contributed by atoms with Crippen molar-refractivity contribution < 1.29 is 4.79 Å². The molecule has 2 aromatic heterocycles. The SMILES string of the molecule is O=C(NC1CCCc2c1cnn2Cc1ccccc1)c1cncc(Br)c1. The van der Waals surface area contributed by atoms with Gasteiger partial charge in [0.05, 0.1) is 24.3 Å². The second-order valence-electron chi connectivity index (χ2n) is 6.50. The van der Waals surface area contributed by atoms with Gasteiger partial charge in [0.2, 0.25) is 0 Å². The number of fused-ring (bicyclic) bond motifs is 1. The lowest BCUT2D eigenvalue weighted by molar-refractivity contribution is 0.0932. The largest absolute Gasteiger partial charge is 0.345 e. The molecular formula is C20H19BrN4O. The fourth-order valence-electron chi connectivity index (χ4n) is 3.44. The van der Waals surface area contributed by atoms with Crippen molar-refractivity contribution >= 4 is 21.8 Å². The van der Waals surface area contributed by atoms with E-state index in [9.17, 15) is 4.79 Å². The lowest BCUT2D eigenvalue weighted by Gasteiger charge is -2.24. The number of nitrogens with zero attached hydrogens (tertiary/aromatic N) is 3. The van der Waals surface area contributed by atoms with Gasteiger partial charge in [-0.25, -0.2) is 0 Å². The zero-order valence-electron chi connectivity index (χ0n) is 14.2. The van der Waals surface area contributed by atoms with Crippen LogP contribution in [0.1, 0.15) is 46.1 Å². The van der Waals surface area contributed by atoms with E-state index in [0.717, 1.165) is 35.8 Å². The Hall–Kier alpha value is -2.47. The number of pyridine rings is 1. The van der Waals surface area contributed by atoms with Crippen molar-refractivity contribution in [3.05, 3.63) is 81.8 Å². The second-order valence-corrected chi connectivity index (χ2v) is 7.42. The first-order valence-electron chi connectivity index (χ1n) is 8.70. The minimum Gasteiger partial charge on any atom is -0.345 e. The van der Waals surface area contributed by atoms with Crippen molar-refractivity contribution in [2.24, 2.45) is 0 Å². The molecule has 0 saturated carbocycles. The van der Waals surface area contributed by atoms with Gasteiger partial charge in [-0.15, -0.1) is 0 Å². The van der Waals surface area contributed by atoms with Gasteiger partial charge in [0, 0.05) is 28.1 Å². The highest BCUT2D eigenvalue weighted by Crippen LogP contribution is 2.30. The smallest absolute Gasteiger partial charge is 0.253 e. The molecule has 1 N–H and O–H groups in total. The molecule has 5 nitrogen and oxygen atoms in total. The molecule has 1 aliphatic rings. The van der Waals surface area contributed by atoms with Gasteiger partial charge >= 0.3 is 0 Å². The molecule has 0 fully saturated rings. The molecule has 1 aromatic carbocycles. The molecule has 132 valence electrons. The third-order valence-electron chi connectivity index (χ3n) is 4.71. The third-order valence-corrected chi connectivity index (χ3v) is 5.14. The average molecular weight is 411 g/mol. The van der Waals surface area contributed by atoms with Gasteiger partial charge in [-0.3, -0.25) is 14.5 Å². The summed E-state index contributed by atoms with van der Waals surface area (Å²) in [7, 11) is 0. The first-order valence-corrected chi connectivity index (χ1v) is 9.50. The standard InChI is InChI=1S/C20H19BrN4O/c21-16-9-15(10-22-11-16)20(26)24-18-7-4-8-19-17(18)12-23-25(19)13-14-5-2-1-3-6-14/h1-3,5-6,9-12,18H,4,7-8,13H2,(H,24,26). The maximum atomic E-state index is 12.6. The van der Waals surface area contributed by atoms with Crippen LogP contribution in [0, 0.1) is 0 Å². The summed E-state index contributed by atoms with van der Waals surface area (Å²) in [4.78, 5) is 16.6. The predicted molar refractivity (Wildman–Crippen MR) is 103 cm³/mol. The van der Waals surface area contributed by atoms with Gasteiger partial charge in [0.1, 0.15) is 0 Å². The number of carbonyl (C=O) groups is 1. The van der Waals surface area contributed by atoms with Crippen LogP contribution in [0.5, 0.6) is 0 Å². The molecule has 1 aliphatic carbocycles. The molecule has 1 unspecified atom stereocenters. The number of benzene rings is 1. The zero-order valence-corrected chi connectivity index (χ0v) is 15.8.